The first-order valence-electron chi connectivity index (χ1n) is 5.65. The summed E-state index contributed by atoms with van der Waals surface area (Å²) in [6.07, 6.45) is 1.24. The van der Waals surface area contributed by atoms with Crippen molar-refractivity contribution in [2.24, 2.45) is 0 Å². The third-order valence-electron chi connectivity index (χ3n) is 2.67. The molecule has 0 aliphatic carbocycles. The summed E-state index contributed by atoms with van der Waals surface area (Å²) in [5.74, 6) is 0.829. The van der Waals surface area contributed by atoms with Crippen molar-refractivity contribution in [1.29, 1.82) is 0 Å². The van der Waals surface area contributed by atoms with Crippen molar-refractivity contribution in [3.05, 3.63) is 44.7 Å². The van der Waals surface area contributed by atoms with E-state index in [4.69, 9.17) is 0 Å². The Kier molecular flexibility index (Phi) is 4.37. The Labute approximate surface area is 119 Å². The van der Waals surface area contributed by atoms with E-state index in [1.54, 1.807) is 24.5 Å². The van der Waals surface area contributed by atoms with Gasteiger partial charge < -0.3 is 10.0 Å². The van der Waals surface area contributed by atoms with Crippen LogP contribution in [0.3, 0.4) is 0 Å². The van der Waals surface area contributed by atoms with Gasteiger partial charge in [-0.15, -0.1) is 11.3 Å². The highest BCUT2D eigenvalue weighted by Gasteiger charge is 2.13. The van der Waals surface area contributed by atoms with Gasteiger partial charge in [-0.25, -0.2) is 4.98 Å². The van der Waals surface area contributed by atoms with Crippen LogP contribution in [0.25, 0.3) is 0 Å². The van der Waals surface area contributed by atoms with Crippen molar-refractivity contribution in [2.45, 2.75) is 19.6 Å². The Bertz CT molecular complexity index is 527. The molecule has 0 bridgehead atoms. The van der Waals surface area contributed by atoms with E-state index < -0.39 is 6.10 Å². The Morgan fingerprint density at radius 2 is 2.33 bits per heavy atom. The van der Waals surface area contributed by atoms with Gasteiger partial charge in [0, 0.05) is 25.4 Å². The van der Waals surface area contributed by atoms with Crippen molar-refractivity contribution < 1.29 is 5.11 Å². The molecule has 0 fully saturated rings. The smallest absolute Gasteiger partial charge is 0.134 e. The number of aliphatic hydroxyl groups excluding tert-OH is 1. The molecule has 2 aromatic heterocycles. The third kappa shape index (κ3) is 3.10. The van der Waals surface area contributed by atoms with Gasteiger partial charge in [0.1, 0.15) is 5.82 Å². The monoisotopic (exact) mass is 326 g/mol. The zero-order valence-corrected chi connectivity index (χ0v) is 12.7. The van der Waals surface area contributed by atoms with E-state index in [1.165, 1.54) is 5.56 Å². The highest BCUT2D eigenvalue weighted by Crippen LogP contribution is 2.26. The summed E-state index contributed by atoms with van der Waals surface area (Å²) in [5, 5.41) is 11.9. The van der Waals surface area contributed by atoms with Gasteiger partial charge in [-0.3, -0.25) is 0 Å². The number of hydrogen-bond donors (Lipinski definition) is 1. The lowest BCUT2D eigenvalue weighted by atomic mass is 10.1. The minimum atomic E-state index is -0.509. The minimum Gasteiger partial charge on any atom is -0.389 e. The first kappa shape index (κ1) is 13.5. The normalized spacial score (nSPS) is 12.4. The second-order valence-corrected chi connectivity index (χ2v) is 6.50. The molecular formula is C13H15BrN2OS. The predicted molar refractivity (Wildman–Crippen MR) is 79.0 cm³/mol. The van der Waals surface area contributed by atoms with Crippen molar-refractivity contribution in [1.82, 2.24) is 4.98 Å². The molecule has 2 rings (SSSR count). The Hall–Kier alpha value is -0.910. The molecule has 0 aliphatic heterocycles. The lowest BCUT2D eigenvalue weighted by Gasteiger charge is -2.21. The van der Waals surface area contributed by atoms with E-state index in [1.807, 2.05) is 19.2 Å². The number of aromatic nitrogens is 1. The first-order valence-corrected chi connectivity index (χ1v) is 7.32. The number of hydrogen-bond acceptors (Lipinski definition) is 4. The molecule has 0 aliphatic rings. The van der Waals surface area contributed by atoms with Gasteiger partial charge in [-0.05, 0) is 45.9 Å². The maximum Gasteiger partial charge on any atom is 0.134 e. The number of pyridine rings is 1. The number of rotatable bonds is 4. The molecule has 96 valence electrons. The summed E-state index contributed by atoms with van der Waals surface area (Å²) in [4.78, 5) is 6.41. The van der Waals surface area contributed by atoms with Crippen molar-refractivity contribution >= 4 is 33.1 Å². The summed E-state index contributed by atoms with van der Waals surface area (Å²) in [7, 11) is 1.99. The van der Waals surface area contributed by atoms with E-state index >= 15 is 0 Å². The number of thiophene rings is 1. The van der Waals surface area contributed by atoms with Gasteiger partial charge in [0.05, 0.1) is 9.89 Å². The van der Waals surface area contributed by atoms with Crippen LogP contribution >= 0.6 is 27.3 Å². The van der Waals surface area contributed by atoms with E-state index in [-0.39, 0.29) is 0 Å². The van der Waals surface area contributed by atoms with E-state index in [0.29, 0.717) is 0 Å². The molecule has 2 aromatic rings. The lowest BCUT2D eigenvalue weighted by Crippen LogP contribution is -2.19. The fourth-order valence-corrected chi connectivity index (χ4v) is 3.03. The van der Waals surface area contributed by atoms with Gasteiger partial charge in [-0.1, -0.05) is 6.07 Å². The number of anilines is 1. The Morgan fingerprint density at radius 1 is 1.56 bits per heavy atom. The van der Waals surface area contributed by atoms with E-state index in [0.717, 1.165) is 21.7 Å². The molecular weight excluding hydrogens is 312 g/mol. The standard InChI is InChI=1S/C13H15BrN2OS/c1-9(17)11-4-3-5-15-13(11)16(2)7-10-6-12(14)18-8-10/h3-6,8-9,17H,7H2,1-2H3/t9-/m0/s1. The molecule has 18 heavy (non-hydrogen) atoms. The zero-order valence-electron chi connectivity index (χ0n) is 10.3. The highest BCUT2D eigenvalue weighted by molar-refractivity contribution is 9.11. The summed E-state index contributed by atoms with van der Waals surface area (Å²) in [6.45, 7) is 2.54. The van der Waals surface area contributed by atoms with Crippen LogP contribution < -0.4 is 4.90 Å². The first-order chi connectivity index (χ1) is 8.58. The lowest BCUT2D eigenvalue weighted by molar-refractivity contribution is 0.199. The Balaban J connectivity index is 2.20. The predicted octanol–water partition coefficient (Wildman–Crippen LogP) is 3.60. The van der Waals surface area contributed by atoms with Crippen LogP contribution in [0, 0.1) is 0 Å². The fraction of sp³-hybridized carbons (Fsp3) is 0.308. The van der Waals surface area contributed by atoms with Gasteiger partial charge in [0.25, 0.3) is 0 Å². The van der Waals surface area contributed by atoms with E-state index in [9.17, 15) is 5.11 Å². The molecule has 0 spiro atoms. The molecule has 1 N–H and O–H groups in total. The zero-order chi connectivity index (χ0) is 13.1. The van der Waals surface area contributed by atoms with E-state index in [2.05, 4.69) is 37.3 Å². The number of halogens is 1. The molecule has 0 aromatic carbocycles. The van der Waals surface area contributed by atoms with Crippen LogP contribution in [0.15, 0.2) is 33.6 Å². The molecule has 1 atom stereocenters. The molecule has 0 unspecified atom stereocenters. The molecule has 0 amide bonds. The molecule has 5 heteroatoms. The average Bonchev–Trinajstić information content (AvgIpc) is 2.74. The number of nitrogens with zero attached hydrogens (tertiary/aromatic N) is 2. The quantitative estimate of drug-likeness (QED) is 0.932. The van der Waals surface area contributed by atoms with Crippen molar-refractivity contribution in [3.63, 3.8) is 0 Å². The van der Waals surface area contributed by atoms with Crippen LogP contribution in [0.2, 0.25) is 0 Å². The molecule has 0 saturated carbocycles. The van der Waals surface area contributed by atoms with Crippen LogP contribution in [0.4, 0.5) is 5.82 Å². The maximum atomic E-state index is 9.75. The summed E-state index contributed by atoms with van der Waals surface area (Å²) in [5.41, 5.74) is 2.09. The highest BCUT2D eigenvalue weighted by atomic mass is 79.9. The summed E-state index contributed by atoms with van der Waals surface area (Å²) in [6, 6.07) is 5.86. The van der Waals surface area contributed by atoms with Gasteiger partial charge in [0.2, 0.25) is 0 Å². The topological polar surface area (TPSA) is 36.4 Å². The van der Waals surface area contributed by atoms with Crippen LogP contribution in [-0.2, 0) is 6.54 Å². The van der Waals surface area contributed by atoms with Gasteiger partial charge in [0.15, 0.2) is 0 Å². The van der Waals surface area contributed by atoms with Crippen molar-refractivity contribution in [2.75, 3.05) is 11.9 Å². The van der Waals surface area contributed by atoms with Crippen LogP contribution in [0.1, 0.15) is 24.2 Å². The maximum absolute atomic E-state index is 9.75. The third-order valence-corrected chi connectivity index (χ3v) is 4.22. The minimum absolute atomic E-state index is 0.509. The van der Waals surface area contributed by atoms with Crippen LogP contribution in [-0.4, -0.2) is 17.1 Å². The van der Waals surface area contributed by atoms with Crippen molar-refractivity contribution in [3.8, 4) is 0 Å². The largest absolute Gasteiger partial charge is 0.389 e. The van der Waals surface area contributed by atoms with Gasteiger partial charge >= 0.3 is 0 Å². The molecule has 0 radical (unpaired) electrons. The average molecular weight is 327 g/mol. The second-order valence-electron chi connectivity index (χ2n) is 4.21. The SMILES string of the molecule is C[C@H](O)c1cccnc1N(C)Cc1csc(Br)c1. The summed E-state index contributed by atoms with van der Waals surface area (Å²) < 4.78 is 1.13. The summed E-state index contributed by atoms with van der Waals surface area (Å²) >= 11 is 5.13. The second kappa shape index (κ2) is 5.82. The molecule has 0 saturated heterocycles. The fourth-order valence-electron chi connectivity index (χ4n) is 1.83. The van der Waals surface area contributed by atoms with Gasteiger partial charge in [-0.2, -0.15) is 0 Å². The number of aliphatic hydroxyl groups is 1. The van der Waals surface area contributed by atoms with Crippen LogP contribution in [0.5, 0.6) is 0 Å². The molecule has 3 nitrogen and oxygen atoms in total. The Morgan fingerprint density at radius 3 is 2.94 bits per heavy atom. The molecule has 2 heterocycles.